The van der Waals surface area contributed by atoms with Gasteiger partial charge in [0.1, 0.15) is 11.3 Å². The number of aromatic nitrogens is 2. The van der Waals surface area contributed by atoms with Crippen LogP contribution in [-0.2, 0) is 10.5 Å². The second-order valence-corrected chi connectivity index (χ2v) is 7.97. The number of rotatable bonds is 6. The maximum atomic E-state index is 12.2. The van der Waals surface area contributed by atoms with Crippen LogP contribution in [0.5, 0.6) is 0 Å². The molecule has 3 heterocycles. The van der Waals surface area contributed by atoms with Gasteiger partial charge in [-0.3, -0.25) is 14.0 Å². The van der Waals surface area contributed by atoms with Gasteiger partial charge in [0, 0.05) is 28.8 Å². The lowest BCUT2D eigenvalue weighted by Crippen LogP contribution is -2.28. The van der Waals surface area contributed by atoms with E-state index in [1.165, 1.54) is 33.6 Å². The van der Waals surface area contributed by atoms with Crippen molar-refractivity contribution < 1.29 is 9.21 Å². The quantitative estimate of drug-likeness (QED) is 0.536. The number of carbonyl (C=O) groups excluding carboxylic acids is 1. The number of fused-ring (bicyclic) bond motifs is 2. The van der Waals surface area contributed by atoms with Crippen LogP contribution in [-0.4, -0.2) is 21.0 Å². The van der Waals surface area contributed by atoms with E-state index in [9.17, 15) is 9.59 Å². The highest BCUT2D eigenvalue weighted by Crippen LogP contribution is 2.23. The van der Waals surface area contributed by atoms with Crippen molar-refractivity contribution >= 4 is 44.9 Å². The van der Waals surface area contributed by atoms with Crippen molar-refractivity contribution in [2.75, 3.05) is 5.75 Å². The highest BCUT2D eigenvalue weighted by molar-refractivity contribution is 7.99. The molecular weight excluding hydrogens is 382 g/mol. The predicted molar refractivity (Wildman–Crippen MR) is 108 cm³/mol. The van der Waals surface area contributed by atoms with Crippen LogP contribution in [0.15, 0.2) is 57.2 Å². The standard InChI is InChI=1S/C19H17N3O3S2/c1-12(16-8-13-4-2-3-5-15(13)25-16)20-17(23)11-26-10-14-9-18(24)22-6-7-27-19(22)21-14/h2-9,12H,10-11H2,1H3,(H,20,23). The number of carbonyl (C=O) groups is 1. The first-order valence-electron chi connectivity index (χ1n) is 8.41. The first-order valence-corrected chi connectivity index (χ1v) is 10.4. The number of para-hydroxylation sites is 1. The van der Waals surface area contributed by atoms with Crippen LogP contribution in [0.2, 0.25) is 0 Å². The molecule has 0 fully saturated rings. The molecular formula is C19H17N3O3S2. The summed E-state index contributed by atoms with van der Waals surface area (Å²) in [6.45, 7) is 1.90. The average molecular weight is 399 g/mol. The molecule has 6 nitrogen and oxygen atoms in total. The lowest BCUT2D eigenvalue weighted by molar-refractivity contribution is -0.119. The molecule has 1 unspecified atom stereocenters. The Hall–Kier alpha value is -2.58. The molecule has 1 N–H and O–H groups in total. The maximum absolute atomic E-state index is 12.2. The molecule has 3 aromatic heterocycles. The Morgan fingerprint density at radius 3 is 3.07 bits per heavy atom. The Balaban J connectivity index is 1.32. The fraction of sp³-hybridized carbons (Fsp3) is 0.211. The van der Waals surface area contributed by atoms with Crippen molar-refractivity contribution in [3.63, 3.8) is 0 Å². The van der Waals surface area contributed by atoms with Crippen LogP contribution in [0, 0.1) is 0 Å². The van der Waals surface area contributed by atoms with E-state index >= 15 is 0 Å². The molecule has 0 aliphatic heterocycles. The van der Waals surface area contributed by atoms with Gasteiger partial charge in [-0.05, 0) is 19.1 Å². The predicted octanol–water partition coefficient (Wildman–Crippen LogP) is 3.61. The summed E-state index contributed by atoms with van der Waals surface area (Å²) in [5.41, 5.74) is 1.40. The van der Waals surface area contributed by atoms with E-state index in [0.717, 1.165) is 16.7 Å². The SMILES string of the molecule is CC(NC(=O)CSCc1cc(=O)n2ccsc2n1)c1cc2ccccc2o1. The third-order valence-corrected chi connectivity index (χ3v) is 5.81. The topological polar surface area (TPSA) is 76.6 Å². The van der Waals surface area contributed by atoms with Crippen molar-refractivity contribution in [3.8, 4) is 0 Å². The molecule has 4 aromatic rings. The summed E-state index contributed by atoms with van der Waals surface area (Å²) < 4.78 is 7.30. The molecule has 0 bridgehead atoms. The maximum Gasteiger partial charge on any atom is 0.258 e. The van der Waals surface area contributed by atoms with Gasteiger partial charge in [0.15, 0.2) is 4.96 Å². The van der Waals surface area contributed by atoms with E-state index in [0.29, 0.717) is 16.4 Å². The Morgan fingerprint density at radius 2 is 2.22 bits per heavy atom. The lowest BCUT2D eigenvalue weighted by Gasteiger charge is -2.11. The smallest absolute Gasteiger partial charge is 0.258 e. The van der Waals surface area contributed by atoms with Gasteiger partial charge >= 0.3 is 0 Å². The largest absolute Gasteiger partial charge is 0.459 e. The Bertz CT molecular complexity index is 1130. The molecule has 138 valence electrons. The molecule has 0 saturated heterocycles. The second-order valence-electron chi connectivity index (χ2n) is 6.11. The summed E-state index contributed by atoms with van der Waals surface area (Å²) in [4.78, 5) is 29.3. The Kier molecular flexibility index (Phi) is 5.00. The van der Waals surface area contributed by atoms with Gasteiger partial charge in [-0.1, -0.05) is 18.2 Å². The molecule has 8 heteroatoms. The highest BCUT2D eigenvalue weighted by atomic mass is 32.2. The van der Waals surface area contributed by atoms with Crippen LogP contribution in [0.3, 0.4) is 0 Å². The van der Waals surface area contributed by atoms with Gasteiger partial charge in [0.25, 0.3) is 5.56 Å². The summed E-state index contributed by atoms with van der Waals surface area (Å²) in [5, 5.41) is 5.79. The van der Waals surface area contributed by atoms with Crippen LogP contribution < -0.4 is 10.9 Å². The van der Waals surface area contributed by atoms with Crippen LogP contribution in [0.25, 0.3) is 15.9 Å². The molecule has 0 radical (unpaired) electrons. The third kappa shape index (κ3) is 3.91. The number of amides is 1. The minimum Gasteiger partial charge on any atom is -0.459 e. The molecule has 27 heavy (non-hydrogen) atoms. The van der Waals surface area contributed by atoms with E-state index in [4.69, 9.17) is 4.42 Å². The highest BCUT2D eigenvalue weighted by Gasteiger charge is 2.14. The number of thiazole rings is 1. The van der Waals surface area contributed by atoms with Gasteiger partial charge in [-0.15, -0.1) is 23.1 Å². The molecule has 0 spiro atoms. The average Bonchev–Trinajstić information content (AvgIpc) is 3.28. The van der Waals surface area contributed by atoms with Crippen molar-refractivity contribution in [2.45, 2.75) is 18.7 Å². The molecule has 0 aliphatic rings. The number of nitrogens with one attached hydrogen (secondary N) is 1. The normalized spacial score (nSPS) is 12.5. The number of hydrogen-bond donors (Lipinski definition) is 1. The fourth-order valence-corrected chi connectivity index (χ4v) is 4.25. The number of hydrogen-bond acceptors (Lipinski definition) is 6. The summed E-state index contributed by atoms with van der Waals surface area (Å²) in [6.07, 6.45) is 1.71. The number of nitrogens with zero attached hydrogens (tertiary/aromatic N) is 2. The minimum atomic E-state index is -0.212. The van der Waals surface area contributed by atoms with E-state index in [2.05, 4.69) is 10.3 Å². The second kappa shape index (κ2) is 7.58. The zero-order valence-corrected chi connectivity index (χ0v) is 16.2. The summed E-state index contributed by atoms with van der Waals surface area (Å²) >= 11 is 2.84. The summed E-state index contributed by atoms with van der Waals surface area (Å²) in [5.74, 6) is 1.45. The van der Waals surface area contributed by atoms with E-state index < -0.39 is 0 Å². The molecule has 0 aliphatic carbocycles. The summed E-state index contributed by atoms with van der Waals surface area (Å²) in [7, 11) is 0. The van der Waals surface area contributed by atoms with Crippen molar-refractivity contribution in [3.05, 3.63) is 69.8 Å². The Morgan fingerprint density at radius 1 is 1.37 bits per heavy atom. The molecule has 1 aromatic carbocycles. The van der Waals surface area contributed by atoms with Gasteiger partial charge in [0.2, 0.25) is 5.91 Å². The van der Waals surface area contributed by atoms with Crippen molar-refractivity contribution in [1.82, 2.24) is 14.7 Å². The van der Waals surface area contributed by atoms with Gasteiger partial charge in [-0.25, -0.2) is 4.98 Å². The number of thioether (sulfide) groups is 1. The monoisotopic (exact) mass is 399 g/mol. The van der Waals surface area contributed by atoms with E-state index in [1.807, 2.05) is 42.6 Å². The van der Waals surface area contributed by atoms with Crippen molar-refractivity contribution in [1.29, 1.82) is 0 Å². The molecule has 1 atom stereocenters. The first kappa shape index (κ1) is 17.8. The number of furan rings is 1. The van der Waals surface area contributed by atoms with Crippen molar-refractivity contribution in [2.24, 2.45) is 0 Å². The van der Waals surface area contributed by atoms with Crippen LogP contribution >= 0.6 is 23.1 Å². The lowest BCUT2D eigenvalue weighted by atomic mass is 10.2. The number of benzene rings is 1. The first-order chi connectivity index (χ1) is 13.1. The molecule has 4 rings (SSSR count). The zero-order chi connectivity index (χ0) is 18.8. The third-order valence-electron chi connectivity index (χ3n) is 4.09. The molecule has 1 amide bonds. The van der Waals surface area contributed by atoms with Crippen LogP contribution in [0.4, 0.5) is 0 Å². The van der Waals surface area contributed by atoms with E-state index in [1.54, 1.807) is 6.20 Å². The van der Waals surface area contributed by atoms with E-state index in [-0.39, 0.29) is 23.3 Å². The van der Waals surface area contributed by atoms with Crippen LogP contribution in [0.1, 0.15) is 24.4 Å². The molecule has 0 saturated carbocycles. The zero-order valence-electron chi connectivity index (χ0n) is 14.5. The fourth-order valence-electron chi connectivity index (χ4n) is 2.78. The van der Waals surface area contributed by atoms with Gasteiger partial charge < -0.3 is 9.73 Å². The summed E-state index contributed by atoms with van der Waals surface area (Å²) in [6, 6.07) is 11.0. The van der Waals surface area contributed by atoms with Gasteiger partial charge in [-0.2, -0.15) is 0 Å². The minimum absolute atomic E-state index is 0.0816. The van der Waals surface area contributed by atoms with Gasteiger partial charge in [0.05, 0.1) is 17.5 Å². The Labute approximate surface area is 163 Å².